The highest BCUT2D eigenvalue weighted by Gasteiger charge is 2.41. The molecule has 0 heterocycles. The number of nitriles is 1. The van der Waals surface area contributed by atoms with Crippen LogP contribution in [0.5, 0.6) is 0 Å². The van der Waals surface area contributed by atoms with Gasteiger partial charge in [-0.2, -0.15) is 5.26 Å². The molecule has 0 bridgehead atoms. The van der Waals surface area contributed by atoms with Crippen molar-refractivity contribution in [2.75, 3.05) is 5.32 Å². The van der Waals surface area contributed by atoms with Crippen LogP contribution in [0.25, 0.3) is 0 Å². The molecule has 104 valence electrons. The second kappa shape index (κ2) is 5.47. The van der Waals surface area contributed by atoms with E-state index in [4.69, 9.17) is 11.6 Å². The molecule has 1 aliphatic carbocycles. The molecule has 1 amide bonds. The van der Waals surface area contributed by atoms with Gasteiger partial charge in [-0.05, 0) is 25.0 Å². The number of benzene rings is 1. The van der Waals surface area contributed by atoms with Gasteiger partial charge in [0.25, 0.3) is 5.69 Å². The van der Waals surface area contributed by atoms with E-state index in [1.165, 1.54) is 18.2 Å². The summed E-state index contributed by atoms with van der Waals surface area (Å²) in [5.41, 5.74) is -1.02. The minimum Gasteiger partial charge on any atom is -0.324 e. The Kier molecular flexibility index (Phi) is 3.91. The van der Waals surface area contributed by atoms with Crippen LogP contribution in [0.2, 0.25) is 5.02 Å². The van der Waals surface area contributed by atoms with E-state index in [0.717, 1.165) is 12.8 Å². The van der Waals surface area contributed by atoms with Gasteiger partial charge in [-0.3, -0.25) is 14.9 Å². The number of nitrogens with zero attached hydrogens (tertiary/aromatic N) is 2. The zero-order valence-electron chi connectivity index (χ0n) is 10.6. The predicted octanol–water partition coefficient (Wildman–Crippen LogP) is 3.27. The molecule has 0 aliphatic heterocycles. The lowest BCUT2D eigenvalue weighted by molar-refractivity contribution is -0.384. The summed E-state index contributed by atoms with van der Waals surface area (Å²) in [6.45, 7) is 0. The monoisotopic (exact) mass is 293 g/mol. The molecule has 0 unspecified atom stereocenters. The Morgan fingerprint density at radius 1 is 1.45 bits per heavy atom. The fourth-order valence-corrected chi connectivity index (χ4v) is 2.54. The first kappa shape index (κ1) is 14.3. The summed E-state index contributed by atoms with van der Waals surface area (Å²) in [4.78, 5) is 22.4. The summed E-state index contributed by atoms with van der Waals surface area (Å²) in [5, 5.41) is 22.6. The number of nitro groups is 1. The average Bonchev–Trinajstić information content (AvgIpc) is 2.90. The molecule has 7 heteroatoms. The first-order valence-corrected chi connectivity index (χ1v) is 6.53. The van der Waals surface area contributed by atoms with Crippen molar-refractivity contribution in [1.82, 2.24) is 0 Å². The van der Waals surface area contributed by atoms with E-state index in [-0.39, 0.29) is 16.4 Å². The van der Waals surface area contributed by atoms with Gasteiger partial charge in [0, 0.05) is 11.8 Å². The van der Waals surface area contributed by atoms with Crippen molar-refractivity contribution in [3.8, 4) is 6.07 Å². The van der Waals surface area contributed by atoms with Gasteiger partial charge in [-0.25, -0.2) is 0 Å². The Labute approximate surface area is 120 Å². The largest absolute Gasteiger partial charge is 0.324 e. The van der Waals surface area contributed by atoms with Crippen LogP contribution in [0.1, 0.15) is 25.7 Å². The molecular formula is C13H12ClN3O3. The van der Waals surface area contributed by atoms with Crippen LogP contribution in [0.4, 0.5) is 11.4 Å². The van der Waals surface area contributed by atoms with Crippen molar-refractivity contribution in [3.63, 3.8) is 0 Å². The Bertz CT molecular complexity index is 603. The summed E-state index contributed by atoms with van der Waals surface area (Å²) >= 11 is 5.70. The zero-order chi connectivity index (χ0) is 14.8. The first-order valence-electron chi connectivity index (χ1n) is 6.15. The van der Waals surface area contributed by atoms with Crippen molar-refractivity contribution < 1.29 is 9.72 Å². The summed E-state index contributed by atoms with van der Waals surface area (Å²) in [5.74, 6) is -0.408. The number of halogens is 1. The third kappa shape index (κ3) is 2.58. The zero-order valence-corrected chi connectivity index (χ0v) is 11.3. The number of nitrogens with one attached hydrogen (secondary N) is 1. The van der Waals surface area contributed by atoms with Gasteiger partial charge in [0.2, 0.25) is 5.91 Å². The third-order valence-electron chi connectivity index (χ3n) is 3.51. The molecule has 1 fully saturated rings. The van der Waals surface area contributed by atoms with E-state index >= 15 is 0 Å². The second-order valence-electron chi connectivity index (χ2n) is 4.78. The molecule has 0 saturated heterocycles. The Morgan fingerprint density at radius 3 is 2.65 bits per heavy atom. The molecule has 1 aliphatic rings. The second-order valence-corrected chi connectivity index (χ2v) is 5.19. The molecule has 6 nitrogen and oxygen atoms in total. The van der Waals surface area contributed by atoms with Crippen molar-refractivity contribution in [1.29, 1.82) is 5.26 Å². The number of amides is 1. The van der Waals surface area contributed by atoms with Crippen LogP contribution in [0.3, 0.4) is 0 Å². The maximum absolute atomic E-state index is 12.2. The lowest BCUT2D eigenvalue weighted by Gasteiger charge is -2.19. The summed E-state index contributed by atoms with van der Waals surface area (Å²) in [7, 11) is 0. The van der Waals surface area contributed by atoms with Gasteiger partial charge >= 0.3 is 0 Å². The van der Waals surface area contributed by atoms with Gasteiger partial charge in [-0.1, -0.05) is 24.4 Å². The molecule has 0 radical (unpaired) electrons. The highest BCUT2D eigenvalue weighted by Crippen LogP contribution is 2.38. The third-order valence-corrected chi connectivity index (χ3v) is 3.83. The number of rotatable bonds is 3. The lowest BCUT2D eigenvalue weighted by atomic mass is 9.87. The highest BCUT2D eigenvalue weighted by atomic mass is 35.5. The molecule has 1 aromatic rings. The normalized spacial score (nSPS) is 16.4. The van der Waals surface area contributed by atoms with Crippen LogP contribution in [0.15, 0.2) is 18.2 Å². The van der Waals surface area contributed by atoms with E-state index < -0.39 is 16.2 Å². The topological polar surface area (TPSA) is 96.0 Å². The van der Waals surface area contributed by atoms with Crippen molar-refractivity contribution in [2.24, 2.45) is 5.41 Å². The Balaban J connectivity index is 2.22. The number of carbonyl (C=O) groups excluding carboxylic acids is 1. The average molecular weight is 294 g/mol. The number of nitro benzene ring substituents is 1. The molecular weight excluding hydrogens is 282 g/mol. The highest BCUT2D eigenvalue weighted by molar-refractivity contribution is 6.32. The van der Waals surface area contributed by atoms with E-state index in [1.54, 1.807) is 0 Å². The Hall–Kier alpha value is -2.13. The summed E-state index contributed by atoms with van der Waals surface area (Å²) in [6.07, 6.45) is 2.71. The van der Waals surface area contributed by atoms with E-state index in [2.05, 4.69) is 11.4 Å². The predicted molar refractivity (Wildman–Crippen MR) is 73.3 cm³/mol. The first-order chi connectivity index (χ1) is 9.48. The minimum atomic E-state index is -1.02. The summed E-state index contributed by atoms with van der Waals surface area (Å²) in [6, 6.07) is 6.10. The van der Waals surface area contributed by atoms with Crippen LogP contribution in [-0.2, 0) is 4.79 Å². The lowest BCUT2D eigenvalue weighted by Crippen LogP contribution is -2.32. The SMILES string of the molecule is N#CC1(C(=O)Nc2ccc(Cl)c([N+](=O)[O-])c2)CCCC1. The minimum absolute atomic E-state index is 0.00358. The molecule has 0 atom stereocenters. The fourth-order valence-electron chi connectivity index (χ4n) is 2.35. The molecule has 1 aromatic carbocycles. The van der Waals surface area contributed by atoms with Crippen LogP contribution >= 0.6 is 11.6 Å². The molecule has 20 heavy (non-hydrogen) atoms. The Morgan fingerprint density at radius 2 is 2.10 bits per heavy atom. The summed E-state index contributed by atoms with van der Waals surface area (Å²) < 4.78 is 0. The van der Waals surface area contributed by atoms with E-state index in [0.29, 0.717) is 12.8 Å². The maximum atomic E-state index is 12.2. The van der Waals surface area contributed by atoms with Gasteiger partial charge in [0.05, 0.1) is 11.0 Å². The smallest absolute Gasteiger partial charge is 0.289 e. The van der Waals surface area contributed by atoms with Crippen LogP contribution in [0, 0.1) is 26.9 Å². The van der Waals surface area contributed by atoms with Crippen LogP contribution in [-0.4, -0.2) is 10.8 Å². The maximum Gasteiger partial charge on any atom is 0.289 e. The van der Waals surface area contributed by atoms with Crippen molar-refractivity contribution in [2.45, 2.75) is 25.7 Å². The quantitative estimate of drug-likeness (QED) is 0.683. The number of hydrogen-bond acceptors (Lipinski definition) is 4. The van der Waals surface area contributed by atoms with Crippen molar-refractivity contribution in [3.05, 3.63) is 33.3 Å². The van der Waals surface area contributed by atoms with Gasteiger partial charge in [0.15, 0.2) is 0 Å². The van der Waals surface area contributed by atoms with E-state index in [1.807, 2.05) is 0 Å². The molecule has 2 rings (SSSR count). The van der Waals surface area contributed by atoms with Gasteiger partial charge in [-0.15, -0.1) is 0 Å². The molecule has 0 spiro atoms. The van der Waals surface area contributed by atoms with Gasteiger partial charge < -0.3 is 5.32 Å². The molecule has 0 aromatic heterocycles. The van der Waals surface area contributed by atoms with Gasteiger partial charge in [0.1, 0.15) is 10.4 Å². The van der Waals surface area contributed by atoms with Crippen molar-refractivity contribution >= 4 is 28.9 Å². The standard InChI is InChI=1S/C13H12ClN3O3/c14-10-4-3-9(7-11(10)17(19)20)16-12(18)13(8-15)5-1-2-6-13/h3-4,7H,1-2,5-6H2,(H,16,18). The van der Waals surface area contributed by atoms with Crippen LogP contribution < -0.4 is 5.32 Å². The fraction of sp³-hybridized carbons (Fsp3) is 0.385. The number of carbonyl (C=O) groups is 1. The van der Waals surface area contributed by atoms with E-state index in [9.17, 15) is 20.2 Å². The number of hydrogen-bond donors (Lipinski definition) is 1. The molecule has 1 saturated carbocycles. The number of anilines is 1. The molecule has 1 N–H and O–H groups in total.